The molecule has 2 unspecified atom stereocenters. The summed E-state index contributed by atoms with van der Waals surface area (Å²) in [5.41, 5.74) is 0.372. The van der Waals surface area contributed by atoms with E-state index in [2.05, 4.69) is 0 Å². The Morgan fingerprint density at radius 3 is 2.71 bits per heavy atom. The Balaban J connectivity index is 1.98. The number of fused-ring (bicyclic) bond motifs is 1. The number of nitriles is 1. The predicted molar refractivity (Wildman–Crippen MR) is 80.4 cm³/mol. The minimum atomic E-state index is -3.58. The average Bonchev–Trinajstić information content (AvgIpc) is 2.94. The molecule has 1 aliphatic heterocycles. The molecule has 2 aliphatic rings. The van der Waals surface area contributed by atoms with Crippen LogP contribution in [0.4, 0.5) is 0 Å². The fraction of sp³-hybridized carbons (Fsp3) is 0.533. The number of halogens is 1. The molecule has 2 fully saturated rings. The van der Waals surface area contributed by atoms with E-state index in [1.807, 2.05) is 6.07 Å². The third-order valence-electron chi connectivity index (χ3n) is 4.59. The molecule has 1 aromatic rings. The Bertz CT molecular complexity index is 696. The van der Waals surface area contributed by atoms with Crippen LogP contribution in [0.2, 0.25) is 5.02 Å². The summed E-state index contributed by atoms with van der Waals surface area (Å²) in [5.74, 6) is 0.491. The van der Waals surface area contributed by atoms with Crippen molar-refractivity contribution < 1.29 is 8.42 Å². The first-order valence-corrected chi connectivity index (χ1v) is 9.07. The first kappa shape index (κ1) is 14.8. The topological polar surface area (TPSA) is 61.2 Å². The molecule has 1 saturated carbocycles. The molecule has 112 valence electrons. The largest absolute Gasteiger partial charge is 0.244 e. The van der Waals surface area contributed by atoms with Crippen molar-refractivity contribution in [1.82, 2.24) is 4.31 Å². The minimum Gasteiger partial charge on any atom is -0.207 e. The lowest BCUT2D eigenvalue weighted by atomic mass is 9.94. The van der Waals surface area contributed by atoms with Crippen LogP contribution < -0.4 is 0 Å². The highest BCUT2D eigenvalue weighted by Crippen LogP contribution is 2.40. The summed E-state index contributed by atoms with van der Waals surface area (Å²) in [4.78, 5) is 0.121. The van der Waals surface area contributed by atoms with Crippen LogP contribution >= 0.6 is 11.6 Å². The second kappa shape index (κ2) is 5.60. The number of hydrogen-bond donors (Lipinski definition) is 0. The van der Waals surface area contributed by atoms with E-state index < -0.39 is 10.0 Å². The molecule has 1 aliphatic carbocycles. The lowest BCUT2D eigenvalue weighted by Gasteiger charge is -2.36. The van der Waals surface area contributed by atoms with Crippen LogP contribution in [0, 0.1) is 17.2 Å². The summed E-state index contributed by atoms with van der Waals surface area (Å²) in [7, 11) is -3.58. The molecule has 0 spiro atoms. The van der Waals surface area contributed by atoms with Gasteiger partial charge in [0.1, 0.15) is 4.90 Å². The Kier molecular flexibility index (Phi) is 3.96. The second-order valence-electron chi connectivity index (χ2n) is 5.77. The van der Waals surface area contributed by atoms with Crippen molar-refractivity contribution in [3.05, 3.63) is 28.8 Å². The number of rotatable bonds is 2. The molecule has 2 atom stereocenters. The summed E-state index contributed by atoms with van der Waals surface area (Å²) in [6.45, 7) is 0.569. The normalized spacial score (nSPS) is 26.3. The van der Waals surface area contributed by atoms with Crippen molar-refractivity contribution in [2.24, 2.45) is 5.92 Å². The molecule has 0 amide bonds. The predicted octanol–water partition coefficient (Wildman–Crippen LogP) is 3.16. The van der Waals surface area contributed by atoms with Crippen LogP contribution in [0.3, 0.4) is 0 Å². The van der Waals surface area contributed by atoms with Crippen LogP contribution in [0.25, 0.3) is 0 Å². The molecule has 1 saturated heterocycles. The number of sulfonamides is 1. The van der Waals surface area contributed by atoms with Gasteiger partial charge in [-0.25, -0.2) is 8.42 Å². The van der Waals surface area contributed by atoms with Gasteiger partial charge in [-0.1, -0.05) is 18.0 Å². The molecule has 0 radical (unpaired) electrons. The summed E-state index contributed by atoms with van der Waals surface area (Å²) >= 11 is 6.10. The second-order valence-corrected chi connectivity index (χ2v) is 8.04. The quantitative estimate of drug-likeness (QED) is 0.839. The summed E-state index contributed by atoms with van der Waals surface area (Å²) in [6.07, 6.45) is 5.20. The van der Waals surface area contributed by atoms with Crippen molar-refractivity contribution in [3.63, 3.8) is 0 Å². The van der Waals surface area contributed by atoms with Gasteiger partial charge in [-0.15, -0.1) is 0 Å². The molecule has 6 heteroatoms. The smallest absolute Gasteiger partial charge is 0.207 e. The van der Waals surface area contributed by atoms with Gasteiger partial charge in [-0.3, -0.25) is 0 Å². The SMILES string of the molecule is N#Cc1ccc(S(=O)(=O)N2CCCC3CCCC32)c(Cl)c1. The van der Waals surface area contributed by atoms with Crippen molar-refractivity contribution in [3.8, 4) is 6.07 Å². The van der Waals surface area contributed by atoms with Crippen molar-refractivity contribution >= 4 is 21.6 Å². The minimum absolute atomic E-state index is 0.121. The maximum absolute atomic E-state index is 12.9. The highest BCUT2D eigenvalue weighted by Gasteiger charge is 2.41. The summed E-state index contributed by atoms with van der Waals surface area (Å²) in [6, 6.07) is 6.47. The fourth-order valence-electron chi connectivity index (χ4n) is 3.61. The highest BCUT2D eigenvalue weighted by molar-refractivity contribution is 7.89. The summed E-state index contributed by atoms with van der Waals surface area (Å²) < 4.78 is 27.5. The van der Waals surface area contributed by atoms with Gasteiger partial charge >= 0.3 is 0 Å². The number of piperidine rings is 1. The van der Waals surface area contributed by atoms with Gasteiger partial charge < -0.3 is 0 Å². The molecule has 1 aromatic carbocycles. The van der Waals surface area contributed by atoms with Crippen molar-refractivity contribution in [1.29, 1.82) is 5.26 Å². The first-order chi connectivity index (χ1) is 10.0. The third kappa shape index (κ3) is 2.57. The number of benzene rings is 1. The van der Waals surface area contributed by atoms with E-state index in [0.717, 1.165) is 32.1 Å². The average molecular weight is 325 g/mol. The maximum Gasteiger partial charge on any atom is 0.244 e. The zero-order chi connectivity index (χ0) is 15.0. The van der Waals surface area contributed by atoms with E-state index >= 15 is 0 Å². The Labute approximate surface area is 130 Å². The van der Waals surface area contributed by atoms with E-state index in [0.29, 0.717) is 18.0 Å². The van der Waals surface area contributed by atoms with Crippen LogP contribution in [-0.2, 0) is 10.0 Å². The molecule has 1 heterocycles. The Hall–Kier alpha value is -1.09. The van der Waals surface area contributed by atoms with Gasteiger partial charge in [0.05, 0.1) is 16.7 Å². The molecule has 21 heavy (non-hydrogen) atoms. The standard InChI is InChI=1S/C15H17ClN2O2S/c16-13-9-11(10-17)6-7-15(13)21(19,20)18-8-2-4-12-3-1-5-14(12)18/h6-7,9,12,14H,1-5,8H2. The molecule has 3 rings (SSSR count). The van der Waals surface area contributed by atoms with Gasteiger partial charge in [0, 0.05) is 12.6 Å². The fourth-order valence-corrected chi connectivity index (χ4v) is 5.89. The molecular weight excluding hydrogens is 308 g/mol. The van der Waals surface area contributed by atoms with Crippen LogP contribution in [0.5, 0.6) is 0 Å². The zero-order valence-electron chi connectivity index (χ0n) is 11.6. The van der Waals surface area contributed by atoms with Gasteiger partial charge in [0.15, 0.2) is 0 Å². The van der Waals surface area contributed by atoms with Crippen LogP contribution in [0.1, 0.15) is 37.7 Å². The zero-order valence-corrected chi connectivity index (χ0v) is 13.2. The van der Waals surface area contributed by atoms with Gasteiger partial charge in [0.2, 0.25) is 10.0 Å². The molecular formula is C15H17ClN2O2S. The lowest BCUT2D eigenvalue weighted by Crippen LogP contribution is -2.46. The van der Waals surface area contributed by atoms with E-state index in [1.54, 1.807) is 4.31 Å². The molecule has 0 bridgehead atoms. The van der Waals surface area contributed by atoms with Crippen molar-refractivity contribution in [2.45, 2.75) is 43.0 Å². The van der Waals surface area contributed by atoms with Gasteiger partial charge in [0.25, 0.3) is 0 Å². The highest BCUT2D eigenvalue weighted by atomic mass is 35.5. The monoisotopic (exact) mass is 324 g/mol. The van der Waals surface area contributed by atoms with E-state index in [-0.39, 0.29) is 16.0 Å². The Morgan fingerprint density at radius 1 is 1.24 bits per heavy atom. The Morgan fingerprint density at radius 2 is 2.00 bits per heavy atom. The van der Waals surface area contributed by atoms with Gasteiger partial charge in [-0.2, -0.15) is 9.57 Å². The molecule has 0 N–H and O–H groups in total. The third-order valence-corrected chi connectivity index (χ3v) is 7.00. The van der Waals surface area contributed by atoms with E-state index in [4.69, 9.17) is 16.9 Å². The maximum atomic E-state index is 12.9. The van der Waals surface area contributed by atoms with E-state index in [1.165, 1.54) is 18.2 Å². The van der Waals surface area contributed by atoms with Gasteiger partial charge in [-0.05, 0) is 49.8 Å². The lowest BCUT2D eigenvalue weighted by molar-refractivity contribution is 0.202. The van der Waals surface area contributed by atoms with Crippen LogP contribution in [-0.4, -0.2) is 25.3 Å². The van der Waals surface area contributed by atoms with Crippen molar-refractivity contribution in [2.75, 3.05) is 6.54 Å². The van der Waals surface area contributed by atoms with Crippen LogP contribution in [0.15, 0.2) is 23.1 Å². The molecule has 4 nitrogen and oxygen atoms in total. The number of nitrogens with zero attached hydrogens (tertiary/aromatic N) is 2. The van der Waals surface area contributed by atoms with E-state index in [9.17, 15) is 8.42 Å². The first-order valence-electron chi connectivity index (χ1n) is 7.25. The summed E-state index contributed by atoms with van der Waals surface area (Å²) in [5, 5.41) is 8.99. The molecule has 0 aromatic heterocycles. The number of hydrogen-bond acceptors (Lipinski definition) is 3.